The summed E-state index contributed by atoms with van der Waals surface area (Å²) >= 11 is -0.557. The van der Waals surface area contributed by atoms with Gasteiger partial charge in [0.25, 0.3) is 0 Å². The van der Waals surface area contributed by atoms with E-state index in [0.29, 0.717) is 12.7 Å². The Bertz CT molecular complexity index is 451. The predicted molar refractivity (Wildman–Crippen MR) is 69.6 cm³/mol. The standard InChI is InChI=1S/C14H15F3OTe/c1-2-12-7-10(8-18-12)9-19-13-5-3-11(4-6-13)14(15,16)17/h3-6,9,12H,2,7-8H2,1H3/b10-9-. The molecule has 0 aliphatic carbocycles. The molecule has 1 aromatic carbocycles. The van der Waals surface area contributed by atoms with Gasteiger partial charge in [0.15, 0.2) is 0 Å². The molecule has 0 aromatic heterocycles. The Kier molecular flexibility index (Phi) is 4.94. The van der Waals surface area contributed by atoms with Gasteiger partial charge in [0.1, 0.15) is 0 Å². The Balaban J connectivity index is 1.95. The molecular weight excluding hydrogens is 369 g/mol. The predicted octanol–water partition coefficient (Wildman–Crippen LogP) is 3.12. The Morgan fingerprint density at radius 1 is 1.32 bits per heavy atom. The number of ether oxygens (including phenoxy) is 1. The van der Waals surface area contributed by atoms with Crippen molar-refractivity contribution in [3.05, 3.63) is 39.5 Å². The minimum absolute atomic E-state index is 0.325. The molecule has 0 amide bonds. The second kappa shape index (κ2) is 6.30. The van der Waals surface area contributed by atoms with E-state index in [9.17, 15) is 13.2 Å². The summed E-state index contributed by atoms with van der Waals surface area (Å²) in [6.07, 6.45) is -1.93. The van der Waals surface area contributed by atoms with Crippen molar-refractivity contribution in [3.63, 3.8) is 0 Å². The molecule has 1 fully saturated rings. The molecule has 1 aliphatic heterocycles. The van der Waals surface area contributed by atoms with Crippen molar-refractivity contribution >= 4 is 24.5 Å². The molecule has 1 saturated heterocycles. The van der Waals surface area contributed by atoms with Crippen LogP contribution in [0, 0.1) is 0 Å². The fourth-order valence-electron chi connectivity index (χ4n) is 1.85. The van der Waals surface area contributed by atoms with Crippen LogP contribution in [0.2, 0.25) is 0 Å². The van der Waals surface area contributed by atoms with Gasteiger partial charge >= 0.3 is 121 Å². The van der Waals surface area contributed by atoms with Crippen LogP contribution < -0.4 is 3.61 Å². The molecular formula is C14H15F3OTe. The third kappa shape index (κ3) is 4.24. The molecule has 2 rings (SSSR count). The molecule has 1 atom stereocenters. The monoisotopic (exact) mass is 386 g/mol. The Morgan fingerprint density at radius 2 is 2.00 bits per heavy atom. The fourth-order valence-corrected chi connectivity index (χ4v) is 4.02. The first-order valence-corrected chi connectivity index (χ1v) is 8.63. The van der Waals surface area contributed by atoms with Crippen molar-refractivity contribution in [1.29, 1.82) is 0 Å². The number of alkyl halides is 3. The summed E-state index contributed by atoms with van der Waals surface area (Å²) in [6.45, 7) is 2.78. The van der Waals surface area contributed by atoms with Crippen LogP contribution in [0.1, 0.15) is 25.3 Å². The van der Waals surface area contributed by atoms with Gasteiger partial charge in [-0.1, -0.05) is 0 Å². The zero-order chi connectivity index (χ0) is 13.9. The molecule has 1 aliphatic rings. The van der Waals surface area contributed by atoms with E-state index in [1.165, 1.54) is 17.7 Å². The van der Waals surface area contributed by atoms with Crippen LogP contribution in [0.3, 0.4) is 0 Å². The summed E-state index contributed by atoms with van der Waals surface area (Å²) in [6, 6.07) is 5.52. The fraction of sp³-hybridized carbons (Fsp3) is 0.429. The van der Waals surface area contributed by atoms with Gasteiger partial charge in [0, 0.05) is 0 Å². The quantitative estimate of drug-likeness (QED) is 0.729. The third-order valence-electron chi connectivity index (χ3n) is 2.99. The first-order valence-electron chi connectivity index (χ1n) is 6.12. The van der Waals surface area contributed by atoms with Crippen molar-refractivity contribution in [2.45, 2.75) is 32.0 Å². The van der Waals surface area contributed by atoms with E-state index >= 15 is 0 Å². The van der Waals surface area contributed by atoms with Gasteiger partial charge in [-0.25, -0.2) is 0 Å². The second-order valence-electron chi connectivity index (χ2n) is 4.46. The normalized spacial score (nSPS) is 22.1. The van der Waals surface area contributed by atoms with Crippen molar-refractivity contribution in [2.75, 3.05) is 6.61 Å². The van der Waals surface area contributed by atoms with Crippen LogP contribution in [0.15, 0.2) is 34.0 Å². The molecule has 1 aromatic rings. The molecule has 19 heavy (non-hydrogen) atoms. The van der Waals surface area contributed by atoms with Gasteiger partial charge in [-0.3, -0.25) is 0 Å². The van der Waals surface area contributed by atoms with Crippen molar-refractivity contribution < 1.29 is 17.9 Å². The maximum atomic E-state index is 12.4. The second-order valence-corrected chi connectivity index (χ2v) is 7.15. The molecule has 1 unspecified atom stereocenters. The third-order valence-corrected chi connectivity index (χ3v) is 5.83. The average Bonchev–Trinajstić information content (AvgIpc) is 2.84. The average molecular weight is 384 g/mol. The van der Waals surface area contributed by atoms with E-state index in [0.717, 1.165) is 16.5 Å². The molecule has 0 radical (unpaired) electrons. The van der Waals surface area contributed by atoms with Crippen molar-refractivity contribution in [1.82, 2.24) is 0 Å². The molecule has 1 heterocycles. The van der Waals surface area contributed by atoms with Gasteiger partial charge in [-0.2, -0.15) is 0 Å². The van der Waals surface area contributed by atoms with Crippen LogP contribution in [0.25, 0.3) is 0 Å². The summed E-state index contributed by atoms with van der Waals surface area (Å²) in [5.41, 5.74) is 0.723. The number of rotatable bonds is 3. The Hall–Kier alpha value is -0.500. The van der Waals surface area contributed by atoms with Crippen molar-refractivity contribution in [2.24, 2.45) is 0 Å². The van der Waals surface area contributed by atoms with E-state index in [1.807, 2.05) is 0 Å². The van der Waals surface area contributed by atoms with Gasteiger partial charge in [-0.05, 0) is 0 Å². The van der Waals surface area contributed by atoms with E-state index < -0.39 is 32.7 Å². The molecule has 0 saturated carbocycles. The minimum atomic E-state index is -4.24. The number of hydrogen-bond donors (Lipinski definition) is 0. The summed E-state index contributed by atoms with van der Waals surface area (Å²) < 4.78 is 46.0. The molecule has 0 spiro atoms. The first kappa shape index (κ1) is 14.9. The first-order chi connectivity index (χ1) is 8.99. The summed E-state index contributed by atoms with van der Waals surface area (Å²) in [7, 11) is 0. The van der Waals surface area contributed by atoms with Gasteiger partial charge < -0.3 is 0 Å². The molecule has 0 N–H and O–H groups in total. The van der Waals surface area contributed by atoms with Crippen LogP contribution in [-0.2, 0) is 10.9 Å². The SMILES string of the molecule is CCC1C/C(=C/[Te]c2ccc(C(F)(F)F)cc2)CO1. The number of benzene rings is 1. The molecule has 104 valence electrons. The molecule has 5 heteroatoms. The van der Waals surface area contributed by atoms with Gasteiger partial charge in [-0.15, -0.1) is 0 Å². The van der Waals surface area contributed by atoms with E-state index in [2.05, 4.69) is 11.0 Å². The van der Waals surface area contributed by atoms with Crippen LogP contribution >= 0.6 is 0 Å². The number of hydrogen-bond acceptors (Lipinski definition) is 1. The summed E-state index contributed by atoms with van der Waals surface area (Å²) in [4.78, 5) is 0. The van der Waals surface area contributed by atoms with Crippen LogP contribution in [-0.4, -0.2) is 33.6 Å². The molecule has 0 bridgehead atoms. The maximum absolute atomic E-state index is 12.4. The zero-order valence-electron chi connectivity index (χ0n) is 10.5. The van der Waals surface area contributed by atoms with Gasteiger partial charge in [0.05, 0.1) is 0 Å². The zero-order valence-corrected chi connectivity index (χ0v) is 12.9. The van der Waals surface area contributed by atoms with Crippen LogP contribution in [0.5, 0.6) is 0 Å². The Morgan fingerprint density at radius 3 is 2.53 bits per heavy atom. The van der Waals surface area contributed by atoms with Crippen molar-refractivity contribution in [3.8, 4) is 0 Å². The summed E-state index contributed by atoms with van der Waals surface area (Å²) in [5, 5.41) is 0. The number of halogens is 3. The van der Waals surface area contributed by atoms with E-state index in [1.54, 1.807) is 12.1 Å². The topological polar surface area (TPSA) is 9.23 Å². The van der Waals surface area contributed by atoms with Crippen LogP contribution in [0.4, 0.5) is 13.2 Å². The Labute approximate surface area is 120 Å². The van der Waals surface area contributed by atoms with Gasteiger partial charge in [0.2, 0.25) is 0 Å². The van der Waals surface area contributed by atoms with E-state index in [-0.39, 0.29) is 0 Å². The molecule has 1 nitrogen and oxygen atoms in total. The van der Waals surface area contributed by atoms with E-state index in [4.69, 9.17) is 4.74 Å². The summed E-state index contributed by atoms with van der Waals surface area (Å²) in [5.74, 6) is 0.